The lowest BCUT2D eigenvalue weighted by molar-refractivity contribution is -0.329. The van der Waals surface area contributed by atoms with E-state index >= 15 is 0 Å². The number of hydrogen-bond donors (Lipinski definition) is 0. The number of ether oxygens (including phenoxy) is 6. The molecule has 45 heavy (non-hydrogen) atoms. The molecule has 0 spiro atoms. The molecule has 3 saturated carbocycles. The molecule has 11 heteroatoms. The Bertz CT molecular complexity index is 1300. The summed E-state index contributed by atoms with van der Waals surface area (Å²) in [5, 5.41) is 0. The van der Waals surface area contributed by atoms with Crippen LogP contribution in [0.5, 0.6) is 0 Å². The Morgan fingerprint density at radius 3 is 2.20 bits per heavy atom. The highest BCUT2D eigenvalue weighted by Crippen LogP contribution is 2.67. The number of carbonyl (C=O) groups is 5. The van der Waals surface area contributed by atoms with Gasteiger partial charge in [-0.1, -0.05) is 18.4 Å². The van der Waals surface area contributed by atoms with Crippen LogP contribution in [0.25, 0.3) is 0 Å². The number of terminal acetylenes is 1. The number of esters is 4. The van der Waals surface area contributed by atoms with E-state index in [4.69, 9.17) is 34.8 Å². The highest BCUT2D eigenvalue weighted by molar-refractivity contribution is 5.91. The molecule has 1 unspecified atom stereocenters. The lowest BCUT2D eigenvalue weighted by Gasteiger charge is -2.57. The van der Waals surface area contributed by atoms with E-state index in [1.165, 1.54) is 12.5 Å². The molecule has 5 rings (SSSR count). The molecule has 1 saturated heterocycles. The lowest BCUT2D eigenvalue weighted by Crippen LogP contribution is -2.66. The van der Waals surface area contributed by atoms with Gasteiger partial charge in [0, 0.05) is 32.6 Å². The molecule has 4 fully saturated rings. The molecule has 11 nitrogen and oxygen atoms in total. The van der Waals surface area contributed by atoms with Crippen LogP contribution in [-0.4, -0.2) is 73.1 Å². The first-order valence-electron chi connectivity index (χ1n) is 16.0. The van der Waals surface area contributed by atoms with E-state index in [0.29, 0.717) is 30.6 Å². The van der Waals surface area contributed by atoms with E-state index in [1.54, 1.807) is 0 Å². The fraction of sp³-hybridized carbons (Fsp3) is 0.735. The maximum atomic E-state index is 13.0. The Morgan fingerprint density at radius 1 is 0.911 bits per heavy atom. The van der Waals surface area contributed by atoms with E-state index in [9.17, 15) is 24.0 Å². The molecule has 1 heterocycles. The van der Waals surface area contributed by atoms with E-state index in [-0.39, 0.29) is 11.7 Å². The summed E-state index contributed by atoms with van der Waals surface area (Å²) in [5.74, 6) is 1.61. The molecule has 1 aliphatic heterocycles. The Kier molecular flexibility index (Phi) is 9.48. The molecule has 0 radical (unpaired) electrons. The average molecular weight is 629 g/mol. The highest BCUT2D eigenvalue weighted by atomic mass is 16.7. The van der Waals surface area contributed by atoms with Crippen LogP contribution in [0.3, 0.4) is 0 Å². The van der Waals surface area contributed by atoms with Crippen molar-refractivity contribution in [1.82, 2.24) is 0 Å². The second kappa shape index (κ2) is 12.9. The quantitative estimate of drug-likeness (QED) is 0.232. The van der Waals surface area contributed by atoms with Gasteiger partial charge < -0.3 is 28.4 Å². The van der Waals surface area contributed by atoms with Gasteiger partial charge in [-0.3, -0.25) is 19.2 Å². The number of hydrogen-bond acceptors (Lipinski definition) is 11. The molecule has 11 atom stereocenters. The number of allylic oxidation sites excluding steroid dienone is 1. The van der Waals surface area contributed by atoms with Gasteiger partial charge in [0.15, 0.2) is 30.2 Å². The lowest BCUT2D eigenvalue weighted by atomic mass is 9.49. The fourth-order valence-electron chi connectivity index (χ4n) is 9.52. The van der Waals surface area contributed by atoms with Gasteiger partial charge in [-0.05, 0) is 81.1 Å². The second-order valence-corrected chi connectivity index (χ2v) is 13.2. The maximum Gasteiger partial charge on any atom is 0.339 e. The first kappa shape index (κ1) is 33.1. The van der Waals surface area contributed by atoms with Crippen LogP contribution in [0.15, 0.2) is 11.6 Å². The second-order valence-electron chi connectivity index (χ2n) is 13.2. The number of methoxy groups -OCH3 is 1. The van der Waals surface area contributed by atoms with Gasteiger partial charge in [0.1, 0.15) is 5.60 Å². The summed E-state index contributed by atoms with van der Waals surface area (Å²) in [7, 11) is 1.15. The molecular weight excluding hydrogens is 584 g/mol. The molecule has 0 amide bonds. The van der Waals surface area contributed by atoms with Crippen molar-refractivity contribution in [3.63, 3.8) is 0 Å². The minimum atomic E-state index is -1.56. The molecule has 0 bridgehead atoms. The van der Waals surface area contributed by atoms with Gasteiger partial charge in [-0.15, -0.1) is 6.42 Å². The zero-order valence-electron chi connectivity index (χ0n) is 26.7. The topological polar surface area (TPSA) is 141 Å². The van der Waals surface area contributed by atoms with E-state index in [0.717, 1.165) is 65.9 Å². The Hall–Kier alpha value is -3.23. The van der Waals surface area contributed by atoms with Crippen LogP contribution in [0.4, 0.5) is 0 Å². The average Bonchev–Trinajstić information content (AvgIpc) is 3.33. The third kappa shape index (κ3) is 5.80. The fourth-order valence-corrected chi connectivity index (χ4v) is 9.52. The molecule has 4 aliphatic carbocycles. The van der Waals surface area contributed by atoms with Crippen molar-refractivity contribution in [1.29, 1.82) is 0 Å². The number of rotatable bonds is 7. The van der Waals surface area contributed by atoms with Gasteiger partial charge in [-0.2, -0.15) is 0 Å². The van der Waals surface area contributed by atoms with Gasteiger partial charge in [0.25, 0.3) is 0 Å². The van der Waals surface area contributed by atoms with Gasteiger partial charge in [-0.25, -0.2) is 4.79 Å². The molecular formula is C34H44O11. The summed E-state index contributed by atoms with van der Waals surface area (Å²) in [4.78, 5) is 61.9. The minimum absolute atomic E-state index is 0.224. The molecule has 0 aromatic rings. The van der Waals surface area contributed by atoms with Crippen molar-refractivity contribution >= 4 is 29.7 Å². The van der Waals surface area contributed by atoms with Gasteiger partial charge in [0.2, 0.25) is 6.29 Å². The Morgan fingerprint density at radius 2 is 1.58 bits per heavy atom. The van der Waals surface area contributed by atoms with Crippen LogP contribution in [0.1, 0.15) is 85.5 Å². The largest absolute Gasteiger partial charge is 0.467 e. The maximum absolute atomic E-state index is 13.0. The van der Waals surface area contributed by atoms with E-state index < -0.39 is 65.6 Å². The van der Waals surface area contributed by atoms with Crippen LogP contribution in [0, 0.1) is 41.4 Å². The summed E-state index contributed by atoms with van der Waals surface area (Å²) in [6.07, 6.45) is 8.08. The zero-order chi connectivity index (χ0) is 32.7. The third-order valence-corrected chi connectivity index (χ3v) is 11.1. The van der Waals surface area contributed by atoms with Crippen molar-refractivity contribution in [3.8, 4) is 12.3 Å². The summed E-state index contributed by atoms with van der Waals surface area (Å²) in [5.41, 5.74) is -0.306. The van der Waals surface area contributed by atoms with Gasteiger partial charge in [0.05, 0.1) is 7.11 Å². The van der Waals surface area contributed by atoms with Crippen molar-refractivity contribution in [2.45, 2.75) is 122 Å². The summed E-state index contributed by atoms with van der Waals surface area (Å²) in [6.45, 7) is 5.57. The first-order chi connectivity index (χ1) is 21.4. The van der Waals surface area contributed by atoms with Crippen LogP contribution >= 0.6 is 0 Å². The van der Waals surface area contributed by atoms with Crippen molar-refractivity contribution in [3.05, 3.63) is 11.6 Å². The van der Waals surface area contributed by atoms with Crippen LogP contribution in [-0.2, 0) is 52.4 Å². The third-order valence-electron chi connectivity index (χ3n) is 11.1. The van der Waals surface area contributed by atoms with Crippen molar-refractivity contribution in [2.75, 3.05) is 7.11 Å². The summed E-state index contributed by atoms with van der Waals surface area (Å²) >= 11 is 0. The van der Waals surface area contributed by atoms with Crippen molar-refractivity contribution < 1.29 is 52.4 Å². The van der Waals surface area contributed by atoms with E-state index in [1.807, 2.05) is 6.08 Å². The minimum Gasteiger partial charge on any atom is -0.467 e. The number of ketones is 1. The van der Waals surface area contributed by atoms with Crippen LogP contribution < -0.4 is 0 Å². The summed E-state index contributed by atoms with van der Waals surface area (Å²) < 4.78 is 34.5. The smallest absolute Gasteiger partial charge is 0.339 e. The molecule has 0 aromatic heterocycles. The van der Waals surface area contributed by atoms with Gasteiger partial charge >= 0.3 is 23.9 Å². The molecule has 0 aromatic carbocycles. The number of carbonyl (C=O) groups excluding carboxylic acids is 5. The highest BCUT2D eigenvalue weighted by Gasteiger charge is 2.67. The summed E-state index contributed by atoms with van der Waals surface area (Å²) in [6, 6.07) is 0. The Balaban J connectivity index is 1.51. The normalized spacial score (nSPS) is 40.4. The monoisotopic (exact) mass is 628 g/mol. The van der Waals surface area contributed by atoms with E-state index in [2.05, 4.69) is 12.8 Å². The molecule has 246 valence electrons. The van der Waals surface area contributed by atoms with Crippen LogP contribution in [0.2, 0.25) is 0 Å². The predicted octanol–water partition coefficient (Wildman–Crippen LogP) is 3.60. The van der Waals surface area contributed by atoms with Crippen molar-refractivity contribution in [2.24, 2.45) is 29.1 Å². The Labute approximate surface area is 264 Å². The predicted molar refractivity (Wildman–Crippen MR) is 157 cm³/mol. The first-order valence-corrected chi connectivity index (χ1v) is 16.0. The standard InChI is InChI=1S/C34H44O11/c1-7-33-15-13-24-23-12-10-22(38)17-21(23)9-11-25(24)26(33)14-16-34(33,8-2)45-32-30(43-20(5)37)28(42-19(4)36)27(41-18(3)35)29(44-32)31(39)40-6/h2,17,23-30,32H,7,9-16H2,1,3-6H3/t23-,24+,25+,26-,27-,28-,29?,30-,32-,33-,34-/m0/s1. The SMILES string of the molecule is C#C[C@]1(O[C@@H]2OC(C(=O)OC)[C@@H](OC(C)=O)[C@H](OC(C)=O)[C@@H]2OC(C)=O)CC[C@H]2[C@@H]3CCC4=CC(=O)CC[C@@H]4[C@H]3CC[C@@]21CC. The molecule has 5 aliphatic rings. The zero-order valence-corrected chi connectivity index (χ0v) is 26.7. The number of fused-ring (bicyclic) bond motifs is 5. The molecule has 0 N–H and O–H groups in total.